The summed E-state index contributed by atoms with van der Waals surface area (Å²) in [6, 6.07) is 11.5. The summed E-state index contributed by atoms with van der Waals surface area (Å²) in [6.45, 7) is 5.14. The summed E-state index contributed by atoms with van der Waals surface area (Å²) in [5.74, 6) is 0.942. The van der Waals surface area contributed by atoms with E-state index in [0.717, 1.165) is 29.2 Å². The third kappa shape index (κ3) is 4.34. The molecule has 0 bridgehead atoms. The summed E-state index contributed by atoms with van der Waals surface area (Å²) in [6.07, 6.45) is 0.820. The minimum absolute atomic E-state index is 0.00685. The van der Waals surface area contributed by atoms with Crippen molar-refractivity contribution in [3.8, 4) is 5.75 Å². The van der Waals surface area contributed by atoms with Crippen molar-refractivity contribution in [1.82, 2.24) is 4.81 Å². The lowest BCUT2D eigenvalue weighted by atomic mass is 9.85. The maximum atomic E-state index is 13.0. The van der Waals surface area contributed by atoms with Crippen LogP contribution in [-0.4, -0.2) is 49.3 Å². The molecule has 2 aromatic rings. The number of thioether (sulfide) groups is 1. The van der Waals surface area contributed by atoms with Crippen LogP contribution in [0.25, 0.3) is 0 Å². The Labute approximate surface area is 165 Å². The van der Waals surface area contributed by atoms with E-state index in [1.165, 1.54) is 6.07 Å². The number of sulfone groups is 1. The second-order valence-corrected chi connectivity index (χ2v) is 10.0. The van der Waals surface area contributed by atoms with Crippen molar-refractivity contribution in [2.45, 2.75) is 40.8 Å². The Hall–Kier alpha value is -1.48. The molecular formula is C19H24BNO4S2. The van der Waals surface area contributed by atoms with Crippen LogP contribution in [0.3, 0.4) is 0 Å². The molecule has 1 atom stereocenters. The van der Waals surface area contributed by atoms with Crippen LogP contribution < -0.4 is 0 Å². The minimum atomic E-state index is -3.69. The fourth-order valence-electron chi connectivity index (χ4n) is 3.45. The second-order valence-electron chi connectivity index (χ2n) is 6.74. The number of hydrogen-bond donors (Lipinski definition) is 2. The number of benzene rings is 2. The molecule has 27 heavy (non-hydrogen) atoms. The highest BCUT2D eigenvalue weighted by Gasteiger charge is 2.30. The molecule has 2 aromatic carbocycles. The monoisotopic (exact) mass is 405 g/mol. The molecule has 1 saturated heterocycles. The van der Waals surface area contributed by atoms with E-state index >= 15 is 0 Å². The van der Waals surface area contributed by atoms with Gasteiger partial charge in [-0.1, -0.05) is 19.1 Å². The van der Waals surface area contributed by atoms with Gasteiger partial charge in [0.25, 0.3) is 0 Å². The summed E-state index contributed by atoms with van der Waals surface area (Å²) in [7, 11) is -4.21. The van der Waals surface area contributed by atoms with Crippen LogP contribution in [0.15, 0.2) is 57.2 Å². The van der Waals surface area contributed by atoms with Crippen molar-refractivity contribution >= 4 is 28.6 Å². The SMILES string of the molecule is CCSc1cccc(S(=O)(=O)c2ccc(C3CCN(B(C)O)C3)c(O)c2)c1. The first-order chi connectivity index (χ1) is 12.8. The Balaban J connectivity index is 1.88. The van der Waals surface area contributed by atoms with Crippen LogP contribution in [0, 0.1) is 0 Å². The summed E-state index contributed by atoms with van der Waals surface area (Å²) in [5, 5.41) is 20.2. The average Bonchev–Trinajstić information content (AvgIpc) is 3.12. The van der Waals surface area contributed by atoms with Crippen molar-refractivity contribution in [2.75, 3.05) is 18.8 Å². The lowest BCUT2D eigenvalue weighted by Crippen LogP contribution is -2.34. The molecule has 5 nitrogen and oxygen atoms in total. The topological polar surface area (TPSA) is 77.8 Å². The van der Waals surface area contributed by atoms with Gasteiger partial charge in [0.15, 0.2) is 0 Å². The van der Waals surface area contributed by atoms with E-state index in [1.807, 2.05) is 17.8 Å². The van der Waals surface area contributed by atoms with Gasteiger partial charge in [-0.05, 0) is 68.0 Å². The molecule has 0 aromatic heterocycles. The predicted octanol–water partition coefficient (Wildman–Crippen LogP) is 3.24. The summed E-state index contributed by atoms with van der Waals surface area (Å²) in [4.78, 5) is 3.16. The normalized spacial score (nSPS) is 18.0. The molecule has 2 N–H and O–H groups in total. The Morgan fingerprint density at radius 1 is 1.22 bits per heavy atom. The van der Waals surface area contributed by atoms with Crippen LogP contribution >= 0.6 is 11.8 Å². The molecule has 3 rings (SSSR count). The van der Waals surface area contributed by atoms with Crippen LogP contribution in [0.1, 0.15) is 24.8 Å². The Bertz CT molecular complexity index is 918. The van der Waals surface area contributed by atoms with E-state index in [0.29, 0.717) is 6.54 Å². The zero-order valence-electron chi connectivity index (χ0n) is 15.5. The van der Waals surface area contributed by atoms with E-state index < -0.39 is 16.9 Å². The molecular weight excluding hydrogens is 381 g/mol. The molecule has 1 heterocycles. The van der Waals surface area contributed by atoms with Crippen LogP contribution in [-0.2, 0) is 9.84 Å². The van der Waals surface area contributed by atoms with Gasteiger partial charge in [-0.2, -0.15) is 0 Å². The summed E-state index contributed by atoms with van der Waals surface area (Å²) in [5.41, 5.74) is 0.729. The molecule has 0 saturated carbocycles. The quantitative estimate of drug-likeness (QED) is 0.568. The van der Waals surface area contributed by atoms with Crippen LogP contribution in [0.5, 0.6) is 5.75 Å². The predicted molar refractivity (Wildman–Crippen MR) is 109 cm³/mol. The zero-order chi connectivity index (χ0) is 19.6. The van der Waals surface area contributed by atoms with Crippen molar-refractivity contribution < 1.29 is 18.5 Å². The highest BCUT2D eigenvalue weighted by atomic mass is 32.2. The summed E-state index contributed by atoms with van der Waals surface area (Å²) < 4.78 is 25.9. The molecule has 1 unspecified atom stereocenters. The van der Waals surface area contributed by atoms with E-state index in [9.17, 15) is 18.5 Å². The Kier molecular flexibility index (Phi) is 6.20. The van der Waals surface area contributed by atoms with Gasteiger partial charge < -0.3 is 14.9 Å². The highest BCUT2D eigenvalue weighted by Crippen LogP contribution is 2.36. The van der Waals surface area contributed by atoms with Crippen LogP contribution in [0.2, 0.25) is 6.82 Å². The van der Waals surface area contributed by atoms with Gasteiger partial charge in [-0.25, -0.2) is 8.42 Å². The lowest BCUT2D eigenvalue weighted by molar-refractivity contribution is 0.417. The standard InChI is InChI=1S/C19H24BNO4S2/c1-3-26-15-5-4-6-16(11-15)27(24,25)17-7-8-18(19(22)12-17)14-9-10-21(13-14)20(2)23/h4-8,11-12,14,22-23H,3,9-10,13H2,1-2H3. The smallest absolute Gasteiger partial charge is 0.376 e. The summed E-state index contributed by atoms with van der Waals surface area (Å²) >= 11 is 1.59. The molecule has 0 spiro atoms. The third-order valence-electron chi connectivity index (χ3n) is 4.93. The van der Waals surface area contributed by atoms with Gasteiger partial charge in [-0.15, -0.1) is 11.8 Å². The van der Waals surface area contributed by atoms with Gasteiger partial charge in [0, 0.05) is 10.8 Å². The molecule has 8 heteroatoms. The van der Waals surface area contributed by atoms with Crippen molar-refractivity contribution in [3.63, 3.8) is 0 Å². The zero-order valence-corrected chi connectivity index (χ0v) is 17.1. The van der Waals surface area contributed by atoms with Crippen molar-refractivity contribution in [1.29, 1.82) is 0 Å². The molecule has 0 amide bonds. The van der Waals surface area contributed by atoms with E-state index in [4.69, 9.17) is 0 Å². The average molecular weight is 405 g/mol. The highest BCUT2D eigenvalue weighted by molar-refractivity contribution is 7.99. The molecule has 1 fully saturated rings. The first-order valence-corrected chi connectivity index (χ1v) is 11.5. The van der Waals surface area contributed by atoms with Crippen molar-refractivity contribution in [3.05, 3.63) is 48.0 Å². The Morgan fingerprint density at radius 3 is 2.59 bits per heavy atom. The number of nitrogens with zero attached hydrogens (tertiary/aromatic N) is 1. The maximum Gasteiger partial charge on any atom is 0.376 e. The van der Waals surface area contributed by atoms with Gasteiger partial charge in [0.1, 0.15) is 5.75 Å². The molecule has 0 radical (unpaired) electrons. The van der Waals surface area contributed by atoms with Crippen LogP contribution in [0.4, 0.5) is 0 Å². The number of hydrogen-bond acceptors (Lipinski definition) is 6. The largest absolute Gasteiger partial charge is 0.508 e. The molecule has 144 valence electrons. The van der Waals surface area contributed by atoms with Gasteiger partial charge in [0.2, 0.25) is 9.84 Å². The lowest BCUT2D eigenvalue weighted by Gasteiger charge is -2.17. The fourth-order valence-corrected chi connectivity index (χ4v) is 5.57. The van der Waals surface area contributed by atoms with Gasteiger partial charge in [-0.3, -0.25) is 0 Å². The number of phenols is 1. The third-order valence-corrected chi connectivity index (χ3v) is 7.55. The van der Waals surface area contributed by atoms with E-state index in [2.05, 4.69) is 0 Å². The molecule has 0 aliphatic carbocycles. The second kappa shape index (κ2) is 8.26. The minimum Gasteiger partial charge on any atom is -0.508 e. The number of rotatable bonds is 6. The van der Waals surface area contributed by atoms with Crippen molar-refractivity contribution in [2.24, 2.45) is 0 Å². The van der Waals surface area contributed by atoms with E-state index in [1.54, 1.807) is 48.9 Å². The first kappa shape index (κ1) is 20.3. The fraction of sp³-hybridized carbons (Fsp3) is 0.368. The van der Waals surface area contributed by atoms with Gasteiger partial charge in [0.05, 0.1) is 9.79 Å². The Morgan fingerprint density at radius 2 is 1.96 bits per heavy atom. The number of aromatic hydroxyl groups is 1. The molecule has 1 aliphatic heterocycles. The van der Waals surface area contributed by atoms with E-state index in [-0.39, 0.29) is 21.5 Å². The number of phenolic OH excluding ortho intramolecular Hbond substituents is 1. The maximum absolute atomic E-state index is 13.0. The first-order valence-electron chi connectivity index (χ1n) is 9.06. The van der Waals surface area contributed by atoms with Gasteiger partial charge >= 0.3 is 7.05 Å². The molecule has 1 aliphatic rings.